The van der Waals surface area contributed by atoms with E-state index in [2.05, 4.69) is 5.32 Å². The number of hydrogen-bond acceptors (Lipinski definition) is 4. The van der Waals surface area contributed by atoms with Crippen LogP contribution < -0.4 is 11.1 Å². The summed E-state index contributed by atoms with van der Waals surface area (Å²) in [5, 5.41) is 2.34. The molecule has 1 atom stereocenters. The van der Waals surface area contributed by atoms with Crippen LogP contribution in [0.5, 0.6) is 0 Å². The standard InChI is InChI=1S/C8H11N3O3.C2H6/c1-10-8(14)5(4-9)11-6(12)2-3-7(11)13;1-2/h2-3,5H,4,9H2,1H3,(H,10,14);1-2H3. The van der Waals surface area contributed by atoms with Crippen molar-refractivity contribution in [2.75, 3.05) is 13.6 Å². The molecule has 0 bridgehead atoms. The van der Waals surface area contributed by atoms with Crippen molar-refractivity contribution in [1.82, 2.24) is 10.2 Å². The summed E-state index contributed by atoms with van der Waals surface area (Å²) >= 11 is 0. The number of rotatable bonds is 3. The van der Waals surface area contributed by atoms with Crippen molar-refractivity contribution in [2.24, 2.45) is 5.73 Å². The van der Waals surface area contributed by atoms with Crippen LogP contribution in [0.1, 0.15) is 13.8 Å². The quantitative estimate of drug-likeness (QED) is 0.605. The van der Waals surface area contributed by atoms with E-state index >= 15 is 0 Å². The van der Waals surface area contributed by atoms with Gasteiger partial charge < -0.3 is 11.1 Å². The number of nitrogens with one attached hydrogen (secondary N) is 1. The van der Waals surface area contributed by atoms with Crippen LogP contribution in [0.2, 0.25) is 0 Å². The fourth-order valence-corrected chi connectivity index (χ4v) is 1.22. The molecule has 0 fully saturated rings. The zero-order chi connectivity index (χ0) is 12.7. The number of imide groups is 1. The minimum atomic E-state index is -0.921. The number of likely N-dealkylation sites (N-methyl/N-ethyl adjacent to an activating group) is 1. The predicted octanol–water partition coefficient (Wildman–Crippen LogP) is -0.989. The summed E-state index contributed by atoms with van der Waals surface area (Å²) < 4.78 is 0. The zero-order valence-electron chi connectivity index (χ0n) is 9.69. The number of nitrogens with zero attached hydrogens (tertiary/aromatic N) is 1. The minimum absolute atomic E-state index is 0.0845. The molecule has 16 heavy (non-hydrogen) atoms. The average Bonchev–Trinajstić information content (AvgIpc) is 2.64. The first-order valence-corrected chi connectivity index (χ1v) is 5.08. The first-order chi connectivity index (χ1) is 7.61. The van der Waals surface area contributed by atoms with Crippen LogP contribution in [0.3, 0.4) is 0 Å². The molecule has 1 heterocycles. The van der Waals surface area contributed by atoms with Crippen LogP contribution >= 0.6 is 0 Å². The van der Waals surface area contributed by atoms with Crippen LogP contribution in [0.25, 0.3) is 0 Å². The topological polar surface area (TPSA) is 92.5 Å². The van der Waals surface area contributed by atoms with E-state index in [-0.39, 0.29) is 6.54 Å². The van der Waals surface area contributed by atoms with E-state index in [0.29, 0.717) is 0 Å². The maximum Gasteiger partial charge on any atom is 0.254 e. The van der Waals surface area contributed by atoms with E-state index in [1.165, 1.54) is 7.05 Å². The Kier molecular flexibility index (Phi) is 6.02. The Morgan fingerprint density at radius 3 is 2.12 bits per heavy atom. The van der Waals surface area contributed by atoms with Gasteiger partial charge in [0.1, 0.15) is 6.04 Å². The second kappa shape index (κ2) is 6.73. The van der Waals surface area contributed by atoms with Crippen LogP contribution in [-0.4, -0.2) is 42.3 Å². The summed E-state index contributed by atoms with van der Waals surface area (Å²) in [5.74, 6) is -1.46. The third-order valence-electron chi connectivity index (χ3n) is 1.93. The van der Waals surface area contributed by atoms with Crippen molar-refractivity contribution in [2.45, 2.75) is 19.9 Å². The van der Waals surface area contributed by atoms with Gasteiger partial charge in [-0.3, -0.25) is 19.3 Å². The number of amides is 3. The largest absolute Gasteiger partial charge is 0.357 e. The van der Waals surface area contributed by atoms with Gasteiger partial charge in [0, 0.05) is 25.7 Å². The van der Waals surface area contributed by atoms with E-state index in [4.69, 9.17) is 5.73 Å². The SMILES string of the molecule is CC.CNC(=O)C(CN)N1C(=O)C=CC1=O. The van der Waals surface area contributed by atoms with Crippen molar-refractivity contribution < 1.29 is 14.4 Å². The molecule has 90 valence electrons. The Bertz CT molecular complexity index is 294. The molecule has 3 N–H and O–H groups in total. The van der Waals surface area contributed by atoms with Crippen LogP contribution in [0, 0.1) is 0 Å². The molecule has 3 amide bonds. The van der Waals surface area contributed by atoms with E-state index in [9.17, 15) is 14.4 Å². The second-order valence-corrected chi connectivity index (χ2v) is 2.75. The fourth-order valence-electron chi connectivity index (χ4n) is 1.22. The molecule has 0 saturated heterocycles. The first-order valence-electron chi connectivity index (χ1n) is 5.08. The number of carbonyl (C=O) groups is 3. The smallest absolute Gasteiger partial charge is 0.254 e. The maximum atomic E-state index is 11.3. The molecule has 1 unspecified atom stereocenters. The predicted molar refractivity (Wildman–Crippen MR) is 59.3 cm³/mol. The average molecular weight is 227 g/mol. The van der Waals surface area contributed by atoms with Gasteiger partial charge in [0.15, 0.2) is 0 Å². The van der Waals surface area contributed by atoms with Gasteiger partial charge >= 0.3 is 0 Å². The molecule has 0 radical (unpaired) electrons. The van der Waals surface area contributed by atoms with Crippen LogP contribution in [0.15, 0.2) is 12.2 Å². The Morgan fingerprint density at radius 2 is 1.81 bits per heavy atom. The summed E-state index contributed by atoms with van der Waals surface area (Å²) in [6, 6.07) is -0.921. The van der Waals surface area contributed by atoms with Crippen LogP contribution in [-0.2, 0) is 14.4 Å². The zero-order valence-corrected chi connectivity index (χ0v) is 9.69. The van der Waals surface area contributed by atoms with E-state index in [1.54, 1.807) is 0 Å². The van der Waals surface area contributed by atoms with Crippen molar-refractivity contribution in [1.29, 1.82) is 0 Å². The lowest BCUT2D eigenvalue weighted by atomic mass is 10.2. The van der Waals surface area contributed by atoms with Gasteiger partial charge in [-0.25, -0.2) is 0 Å². The Labute approximate surface area is 94.5 Å². The van der Waals surface area contributed by atoms with Gasteiger partial charge in [-0.2, -0.15) is 0 Å². The normalized spacial score (nSPS) is 15.6. The van der Waals surface area contributed by atoms with Gasteiger partial charge in [-0.15, -0.1) is 0 Å². The van der Waals surface area contributed by atoms with Gasteiger partial charge in [0.2, 0.25) is 5.91 Å². The summed E-state index contributed by atoms with van der Waals surface area (Å²) in [7, 11) is 1.42. The molecule has 1 aliphatic heterocycles. The Morgan fingerprint density at radius 1 is 1.38 bits per heavy atom. The summed E-state index contributed by atoms with van der Waals surface area (Å²) in [6.07, 6.45) is 2.24. The van der Waals surface area contributed by atoms with Crippen molar-refractivity contribution >= 4 is 17.7 Å². The molecule has 0 aromatic rings. The maximum absolute atomic E-state index is 11.3. The van der Waals surface area contributed by atoms with Gasteiger partial charge in [0.25, 0.3) is 11.8 Å². The molecule has 0 aromatic carbocycles. The van der Waals surface area contributed by atoms with Crippen LogP contribution in [0.4, 0.5) is 0 Å². The molecule has 6 heteroatoms. The second-order valence-electron chi connectivity index (χ2n) is 2.75. The highest BCUT2D eigenvalue weighted by Gasteiger charge is 2.34. The molecule has 0 aromatic heterocycles. The third kappa shape index (κ3) is 2.90. The molecule has 6 nitrogen and oxygen atoms in total. The number of carbonyl (C=O) groups excluding carboxylic acids is 3. The first kappa shape index (κ1) is 14.3. The van der Waals surface area contributed by atoms with Gasteiger partial charge in [0.05, 0.1) is 0 Å². The summed E-state index contributed by atoms with van der Waals surface area (Å²) in [6.45, 7) is 3.92. The van der Waals surface area contributed by atoms with E-state index in [0.717, 1.165) is 17.1 Å². The number of nitrogens with two attached hydrogens (primary N) is 1. The summed E-state index contributed by atoms with van der Waals surface area (Å²) in [4.78, 5) is 34.5. The third-order valence-corrected chi connectivity index (χ3v) is 1.93. The summed E-state index contributed by atoms with van der Waals surface area (Å²) in [5.41, 5.74) is 5.32. The molecule has 0 saturated carbocycles. The lowest BCUT2D eigenvalue weighted by Crippen LogP contribution is -2.52. The molecule has 1 rings (SSSR count). The van der Waals surface area contributed by atoms with Crippen molar-refractivity contribution in [3.63, 3.8) is 0 Å². The molecule has 0 spiro atoms. The van der Waals surface area contributed by atoms with E-state index in [1.807, 2.05) is 13.8 Å². The minimum Gasteiger partial charge on any atom is -0.357 e. The molecular weight excluding hydrogens is 210 g/mol. The molecule has 1 aliphatic rings. The van der Waals surface area contributed by atoms with Gasteiger partial charge in [-0.05, 0) is 0 Å². The molecular formula is C10H17N3O3. The Hall–Kier alpha value is -1.69. The fraction of sp³-hybridized carbons (Fsp3) is 0.500. The van der Waals surface area contributed by atoms with Crippen molar-refractivity contribution in [3.8, 4) is 0 Å². The highest BCUT2D eigenvalue weighted by Crippen LogP contribution is 2.08. The lowest BCUT2D eigenvalue weighted by Gasteiger charge is -2.22. The highest BCUT2D eigenvalue weighted by atomic mass is 16.2. The molecule has 0 aliphatic carbocycles. The van der Waals surface area contributed by atoms with Crippen molar-refractivity contribution in [3.05, 3.63) is 12.2 Å². The van der Waals surface area contributed by atoms with Gasteiger partial charge in [-0.1, -0.05) is 13.8 Å². The number of hydrogen-bond donors (Lipinski definition) is 2. The Balaban J connectivity index is 0.00000106. The lowest BCUT2D eigenvalue weighted by molar-refractivity contribution is -0.144. The van der Waals surface area contributed by atoms with E-state index < -0.39 is 23.8 Å². The highest BCUT2D eigenvalue weighted by molar-refractivity contribution is 6.15. The monoisotopic (exact) mass is 227 g/mol.